The summed E-state index contributed by atoms with van der Waals surface area (Å²) in [7, 11) is -2.56. The molecule has 3 rings (SSSR count). The van der Waals surface area contributed by atoms with Gasteiger partial charge in [0.2, 0.25) is 15.8 Å². The summed E-state index contributed by atoms with van der Waals surface area (Å²) in [5.74, 6) is -0.527. The molecule has 1 saturated heterocycles. The SMILES string of the molecule is COC(=O)c1cccc(Oc2ccc(S(=O)(=O)N3CCCC3)cc2[N+](=O)[O-])c1. The first kappa shape index (κ1) is 19.8. The lowest BCUT2D eigenvalue weighted by Gasteiger charge is -2.16. The Morgan fingerprint density at radius 2 is 1.86 bits per heavy atom. The molecule has 1 aliphatic rings. The number of hydrogen-bond donors (Lipinski definition) is 0. The first-order valence-corrected chi connectivity index (χ1v) is 9.92. The highest BCUT2D eigenvalue weighted by Crippen LogP contribution is 2.35. The molecule has 0 aliphatic carbocycles. The number of carbonyl (C=O) groups excluding carboxylic acids is 1. The summed E-state index contributed by atoms with van der Waals surface area (Å²) in [6, 6.07) is 9.47. The Kier molecular flexibility index (Phi) is 5.61. The minimum atomic E-state index is -3.79. The van der Waals surface area contributed by atoms with Crippen LogP contribution in [0.3, 0.4) is 0 Å². The fraction of sp³-hybridized carbons (Fsp3) is 0.278. The molecule has 0 amide bonds. The minimum Gasteiger partial charge on any atom is -0.465 e. The van der Waals surface area contributed by atoms with E-state index in [1.807, 2.05) is 0 Å². The van der Waals surface area contributed by atoms with Gasteiger partial charge in [-0.1, -0.05) is 6.07 Å². The number of benzene rings is 2. The van der Waals surface area contributed by atoms with Gasteiger partial charge in [-0.15, -0.1) is 0 Å². The van der Waals surface area contributed by atoms with Crippen LogP contribution in [0.5, 0.6) is 11.5 Å². The maximum absolute atomic E-state index is 12.6. The zero-order valence-corrected chi connectivity index (χ0v) is 15.8. The number of methoxy groups -OCH3 is 1. The van der Waals surface area contributed by atoms with E-state index in [-0.39, 0.29) is 22.0 Å². The maximum atomic E-state index is 12.6. The molecule has 0 radical (unpaired) electrons. The van der Waals surface area contributed by atoms with Crippen LogP contribution in [0.25, 0.3) is 0 Å². The number of hydrogen-bond acceptors (Lipinski definition) is 7. The number of nitro benzene ring substituents is 1. The number of carbonyl (C=O) groups is 1. The molecule has 10 heteroatoms. The molecule has 148 valence electrons. The third kappa shape index (κ3) is 3.97. The third-order valence-electron chi connectivity index (χ3n) is 4.31. The fourth-order valence-electron chi connectivity index (χ4n) is 2.90. The molecule has 0 N–H and O–H groups in total. The number of nitrogens with zero attached hydrogens (tertiary/aromatic N) is 2. The van der Waals surface area contributed by atoms with E-state index in [9.17, 15) is 23.3 Å². The van der Waals surface area contributed by atoms with Crippen LogP contribution in [0.15, 0.2) is 47.4 Å². The second kappa shape index (κ2) is 7.95. The minimum absolute atomic E-state index is 0.132. The van der Waals surface area contributed by atoms with Crippen molar-refractivity contribution in [1.29, 1.82) is 0 Å². The van der Waals surface area contributed by atoms with E-state index in [0.29, 0.717) is 13.1 Å². The van der Waals surface area contributed by atoms with Crippen LogP contribution >= 0.6 is 0 Å². The largest absolute Gasteiger partial charge is 0.465 e. The van der Waals surface area contributed by atoms with Crippen LogP contribution < -0.4 is 4.74 Å². The van der Waals surface area contributed by atoms with Gasteiger partial charge in [0.25, 0.3) is 0 Å². The topological polar surface area (TPSA) is 116 Å². The molecule has 28 heavy (non-hydrogen) atoms. The lowest BCUT2D eigenvalue weighted by molar-refractivity contribution is -0.385. The van der Waals surface area contributed by atoms with Crippen molar-refractivity contribution in [3.8, 4) is 11.5 Å². The van der Waals surface area contributed by atoms with E-state index in [0.717, 1.165) is 18.9 Å². The average Bonchev–Trinajstić information content (AvgIpc) is 3.23. The molecule has 2 aromatic rings. The van der Waals surface area contributed by atoms with Crippen LogP contribution in [-0.2, 0) is 14.8 Å². The Labute approximate surface area is 161 Å². The molecule has 0 aromatic heterocycles. The number of ether oxygens (including phenoxy) is 2. The first-order valence-electron chi connectivity index (χ1n) is 8.48. The second-order valence-corrected chi connectivity index (χ2v) is 8.06. The Hall–Kier alpha value is -2.98. The van der Waals surface area contributed by atoms with Gasteiger partial charge in [0.15, 0.2) is 0 Å². The standard InChI is InChI=1S/C18H18N2O7S/c1-26-18(21)13-5-4-6-14(11-13)27-17-8-7-15(12-16(17)20(22)23)28(24,25)19-9-2-3-10-19/h4-8,11-12H,2-3,9-10H2,1H3. The van der Waals surface area contributed by atoms with Crippen molar-refractivity contribution in [2.24, 2.45) is 0 Å². The van der Waals surface area contributed by atoms with E-state index in [1.165, 1.54) is 41.7 Å². The Bertz CT molecular complexity index is 1010. The van der Waals surface area contributed by atoms with Crippen molar-refractivity contribution in [2.75, 3.05) is 20.2 Å². The van der Waals surface area contributed by atoms with Gasteiger partial charge >= 0.3 is 11.7 Å². The Morgan fingerprint density at radius 1 is 1.14 bits per heavy atom. The van der Waals surface area contributed by atoms with Gasteiger partial charge in [0.05, 0.1) is 22.5 Å². The van der Waals surface area contributed by atoms with Gasteiger partial charge in [0, 0.05) is 19.2 Å². The zero-order valence-electron chi connectivity index (χ0n) is 15.0. The van der Waals surface area contributed by atoms with Crippen molar-refractivity contribution in [3.05, 3.63) is 58.1 Å². The molecule has 0 unspecified atom stereocenters. The van der Waals surface area contributed by atoms with Gasteiger partial charge in [-0.2, -0.15) is 4.31 Å². The van der Waals surface area contributed by atoms with Gasteiger partial charge < -0.3 is 9.47 Å². The molecule has 0 spiro atoms. The van der Waals surface area contributed by atoms with Crippen molar-refractivity contribution in [2.45, 2.75) is 17.7 Å². The summed E-state index contributed by atoms with van der Waals surface area (Å²) in [5, 5.41) is 11.5. The highest BCUT2D eigenvalue weighted by atomic mass is 32.2. The van der Waals surface area contributed by atoms with E-state index in [4.69, 9.17) is 4.74 Å². The lowest BCUT2D eigenvalue weighted by atomic mass is 10.2. The number of nitro groups is 1. The molecular weight excluding hydrogens is 388 g/mol. The van der Waals surface area contributed by atoms with Gasteiger partial charge in [-0.3, -0.25) is 10.1 Å². The average molecular weight is 406 g/mol. The normalized spacial score (nSPS) is 14.6. The first-order chi connectivity index (χ1) is 13.3. The number of esters is 1. The predicted octanol–water partition coefficient (Wildman–Crippen LogP) is 2.96. The molecule has 1 aliphatic heterocycles. The Balaban J connectivity index is 1.94. The zero-order chi connectivity index (χ0) is 20.3. The molecule has 9 nitrogen and oxygen atoms in total. The van der Waals surface area contributed by atoms with Crippen LogP contribution in [-0.4, -0.2) is 43.8 Å². The van der Waals surface area contributed by atoms with E-state index in [2.05, 4.69) is 4.74 Å². The van der Waals surface area contributed by atoms with Crippen molar-refractivity contribution >= 4 is 21.7 Å². The summed E-state index contributed by atoms with van der Waals surface area (Å²) in [4.78, 5) is 22.2. The van der Waals surface area contributed by atoms with Crippen LogP contribution in [0, 0.1) is 10.1 Å². The summed E-state index contributed by atoms with van der Waals surface area (Å²) in [6.07, 6.45) is 1.53. The van der Waals surface area contributed by atoms with Gasteiger partial charge in [-0.05, 0) is 43.2 Å². The maximum Gasteiger partial charge on any atom is 0.337 e. The Morgan fingerprint density at radius 3 is 2.50 bits per heavy atom. The summed E-state index contributed by atoms with van der Waals surface area (Å²) >= 11 is 0. The number of sulfonamides is 1. The van der Waals surface area contributed by atoms with Crippen molar-refractivity contribution in [1.82, 2.24) is 4.31 Å². The highest BCUT2D eigenvalue weighted by molar-refractivity contribution is 7.89. The monoisotopic (exact) mass is 406 g/mol. The predicted molar refractivity (Wildman–Crippen MR) is 98.9 cm³/mol. The smallest absolute Gasteiger partial charge is 0.337 e. The second-order valence-electron chi connectivity index (χ2n) is 6.12. The summed E-state index contributed by atoms with van der Waals surface area (Å²) < 4.78 is 36.8. The molecule has 1 fully saturated rings. The highest BCUT2D eigenvalue weighted by Gasteiger charge is 2.30. The van der Waals surface area contributed by atoms with Crippen molar-refractivity contribution in [3.63, 3.8) is 0 Å². The van der Waals surface area contributed by atoms with Crippen LogP contribution in [0.1, 0.15) is 23.2 Å². The van der Waals surface area contributed by atoms with Gasteiger partial charge in [-0.25, -0.2) is 13.2 Å². The fourth-order valence-corrected chi connectivity index (χ4v) is 4.43. The van der Waals surface area contributed by atoms with Crippen LogP contribution in [0.4, 0.5) is 5.69 Å². The van der Waals surface area contributed by atoms with Crippen molar-refractivity contribution < 1.29 is 27.6 Å². The third-order valence-corrected chi connectivity index (χ3v) is 6.21. The van der Waals surface area contributed by atoms with Crippen LogP contribution in [0.2, 0.25) is 0 Å². The number of rotatable bonds is 6. The van der Waals surface area contributed by atoms with E-state index >= 15 is 0 Å². The molecular formula is C18H18N2O7S. The molecule has 0 atom stereocenters. The van der Waals surface area contributed by atoms with E-state index < -0.39 is 26.6 Å². The summed E-state index contributed by atoms with van der Waals surface area (Å²) in [6.45, 7) is 0.795. The molecule has 0 saturated carbocycles. The molecule has 0 bridgehead atoms. The summed E-state index contributed by atoms with van der Waals surface area (Å²) in [5.41, 5.74) is -0.264. The van der Waals surface area contributed by atoms with Gasteiger partial charge in [0.1, 0.15) is 5.75 Å². The van der Waals surface area contributed by atoms with E-state index in [1.54, 1.807) is 6.07 Å². The quantitative estimate of drug-likeness (QED) is 0.411. The molecule has 2 aromatic carbocycles. The lowest BCUT2D eigenvalue weighted by Crippen LogP contribution is -2.27. The molecule has 1 heterocycles.